The van der Waals surface area contributed by atoms with E-state index in [0.29, 0.717) is 29.6 Å². The van der Waals surface area contributed by atoms with Crippen molar-refractivity contribution < 1.29 is 18.7 Å². The number of fused-ring (bicyclic) bond motifs is 1. The largest absolute Gasteiger partial charge is 0.448 e. The summed E-state index contributed by atoms with van der Waals surface area (Å²) in [6.07, 6.45) is 4.67. The molecule has 28 heavy (non-hydrogen) atoms. The lowest BCUT2D eigenvalue weighted by Gasteiger charge is -2.21. The van der Waals surface area contributed by atoms with Crippen LogP contribution in [0.1, 0.15) is 38.0 Å². The minimum Gasteiger partial charge on any atom is -0.448 e. The van der Waals surface area contributed by atoms with E-state index < -0.39 is 5.79 Å². The molecule has 0 bridgehead atoms. The lowest BCUT2D eigenvalue weighted by Crippen LogP contribution is -2.34. The summed E-state index contributed by atoms with van der Waals surface area (Å²) in [5.74, 6) is 1.75. The molecule has 5 rings (SSSR count). The highest BCUT2D eigenvalue weighted by molar-refractivity contribution is 7.08. The van der Waals surface area contributed by atoms with E-state index in [4.69, 9.17) is 13.9 Å². The first-order valence-electron chi connectivity index (χ1n) is 9.36. The number of ether oxygens (including phenoxy) is 2. The van der Waals surface area contributed by atoms with Gasteiger partial charge in [-0.2, -0.15) is 11.3 Å². The molecule has 2 aromatic heterocycles. The van der Waals surface area contributed by atoms with Gasteiger partial charge in [0.15, 0.2) is 11.5 Å². The smallest absolute Gasteiger partial charge is 0.251 e. The quantitative estimate of drug-likeness (QED) is 0.686. The lowest BCUT2D eigenvalue weighted by atomic mass is 10.2. The molecule has 3 aromatic rings. The third kappa shape index (κ3) is 3.35. The SMILES string of the molecule is O=C(CCc1nnc(-c2ccsc2)o1)Nc1ccc2c(c1)OC1(CCCC1)O2. The maximum atomic E-state index is 12.3. The van der Waals surface area contributed by atoms with Crippen LogP contribution in [-0.2, 0) is 11.2 Å². The van der Waals surface area contributed by atoms with Gasteiger partial charge in [0, 0.05) is 48.4 Å². The summed E-state index contributed by atoms with van der Waals surface area (Å²) in [5.41, 5.74) is 1.58. The predicted octanol–water partition coefficient (Wildman–Crippen LogP) is 4.41. The Labute approximate surface area is 165 Å². The van der Waals surface area contributed by atoms with E-state index in [2.05, 4.69) is 15.5 Å². The number of carbonyl (C=O) groups is 1. The van der Waals surface area contributed by atoms with Crippen molar-refractivity contribution in [3.8, 4) is 23.0 Å². The number of nitrogens with zero attached hydrogens (tertiary/aromatic N) is 2. The Morgan fingerprint density at radius 3 is 2.82 bits per heavy atom. The number of rotatable bonds is 5. The summed E-state index contributed by atoms with van der Waals surface area (Å²) < 4.78 is 17.6. The van der Waals surface area contributed by atoms with Crippen LogP contribution in [0.25, 0.3) is 11.5 Å². The number of carbonyl (C=O) groups excluding carboxylic acids is 1. The van der Waals surface area contributed by atoms with E-state index >= 15 is 0 Å². The number of nitrogens with one attached hydrogen (secondary N) is 1. The molecule has 1 aromatic carbocycles. The van der Waals surface area contributed by atoms with Crippen molar-refractivity contribution in [1.82, 2.24) is 10.2 Å². The second-order valence-corrected chi connectivity index (χ2v) is 7.82. The number of amides is 1. The van der Waals surface area contributed by atoms with Crippen molar-refractivity contribution in [2.24, 2.45) is 0 Å². The van der Waals surface area contributed by atoms with Gasteiger partial charge in [-0.1, -0.05) is 0 Å². The third-order valence-electron chi connectivity index (χ3n) is 4.99. The number of hydrogen-bond donors (Lipinski definition) is 1. The van der Waals surface area contributed by atoms with Crippen molar-refractivity contribution in [3.63, 3.8) is 0 Å². The summed E-state index contributed by atoms with van der Waals surface area (Å²) in [7, 11) is 0. The van der Waals surface area contributed by atoms with Crippen molar-refractivity contribution in [3.05, 3.63) is 40.9 Å². The van der Waals surface area contributed by atoms with Crippen molar-refractivity contribution in [2.45, 2.75) is 44.3 Å². The van der Waals surface area contributed by atoms with Gasteiger partial charge in [0.05, 0.1) is 0 Å². The zero-order valence-corrected chi connectivity index (χ0v) is 16.0. The third-order valence-corrected chi connectivity index (χ3v) is 5.67. The van der Waals surface area contributed by atoms with Gasteiger partial charge < -0.3 is 19.2 Å². The van der Waals surface area contributed by atoms with Crippen LogP contribution < -0.4 is 14.8 Å². The maximum Gasteiger partial charge on any atom is 0.251 e. The molecule has 7 nitrogen and oxygen atoms in total. The molecule has 144 valence electrons. The van der Waals surface area contributed by atoms with Gasteiger partial charge in [0.1, 0.15) is 0 Å². The first-order valence-corrected chi connectivity index (χ1v) is 10.3. The zero-order valence-electron chi connectivity index (χ0n) is 15.1. The van der Waals surface area contributed by atoms with Crippen LogP contribution in [0.15, 0.2) is 39.4 Å². The van der Waals surface area contributed by atoms with E-state index in [1.165, 1.54) is 0 Å². The van der Waals surface area contributed by atoms with E-state index in [-0.39, 0.29) is 12.3 Å². The fourth-order valence-corrected chi connectivity index (χ4v) is 4.22. The topological polar surface area (TPSA) is 86.5 Å². The fraction of sp³-hybridized carbons (Fsp3) is 0.350. The summed E-state index contributed by atoms with van der Waals surface area (Å²) in [5, 5.41) is 14.8. The number of anilines is 1. The highest BCUT2D eigenvalue weighted by atomic mass is 32.1. The highest BCUT2D eigenvalue weighted by Crippen LogP contribution is 2.47. The Balaban J connectivity index is 1.18. The summed E-state index contributed by atoms with van der Waals surface area (Å²) in [6, 6.07) is 7.42. The van der Waals surface area contributed by atoms with Crippen molar-refractivity contribution in [2.75, 3.05) is 5.32 Å². The molecule has 3 heterocycles. The fourth-order valence-electron chi connectivity index (χ4n) is 3.59. The minimum atomic E-state index is -0.497. The summed E-state index contributed by atoms with van der Waals surface area (Å²) in [4.78, 5) is 12.3. The molecule has 1 saturated carbocycles. The predicted molar refractivity (Wildman–Crippen MR) is 103 cm³/mol. The number of thiophene rings is 1. The van der Waals surface area contributed by atoms with Gasteiger partial charge in [0.25, 0.3) is 5.79 Å². The van der Waals surface area contributed by atoms with Crippen LogP contribution in [0.2, 0.25) is 0 Å². The van der Waals surface area contributed by atoms with Gasteiger partial charge in [0.2, 0.25) is 17.7 Å². The normalized spacial score (nSPS) is 16.6. The van der Waals surface area contributed by atoms with E-state index in [1.54, 1.807) is 11.3 Å². The second-order valence-electron chi connectivity index (χ2n) is 7.04. The lowest BCUT2D eigenvalue weighted by molar-refractivity contribution is -0.116. The molecule has 1 spiro atoms. The van der Waals surface area contributed by atoms with Crippen LogP contribution in [0.5, 0.6) is 11.5 Å². The van der Waals surface area contributed by atoms with Gasteiger partial charge in [-0.15, -0.1) is 10.2 Å². The second kappa shape index (κ2) is 6.94. The Hall–Kier alpha value is -2.87. The van der Waals surface area contributed by atoms with Crippen molar-refractivity contribution in [1.29, 1.82) is 0 Å². The first kappa shape index (κ1) is 17.2. The summed E-state index contributed by atoms with van der Waals surface area (Å²) >= 11 is 1.57. The monoisotopic (exact) mass is 397 g/mol. The molecular weight excluding hydrogens is 378 g/mol. The van der Waals surface area contributed by atoms with Crippen LogP contribution in [0.3, 0.4) is 0 Å². The first-order chi connectivity index (χ1) is 13.7. The molecule has 1 aliphatic carbocycles. The van der Waals surface area contributed by atoms with Crippen LogP contribution in [0.4, 0.5) is 5.69 Å². The average Bonchev–Trinajstić information content (AvgIpc) is 3.47. The van der Waals surface area contributed by atoms with Crippen LogP contribution in [0, 0.1) is 0 Å². The van der Waals surface area contributed by atoms with E-state index in [1.807, 2.05) is 35.0 Å². The molecule has 1 N–H and O–H groups in total. The Bertz CT molecular complexity index is 993. The zero-order chi connectivity index (χ0) is 19.0. The summed E-state index contributed by atoms with van der Waals surface area (Å²) in [6.45, 7) is 0. The average molecular weight is 397 g/mol. The molecule has 2 aliphatic rings. The molecule has 0 atom stereocenters. The Morgan fingerprint density at radius 1 is 1.14 bits per heavy atom. The molecule has 1 aliphatic heterocycles. The number of benzene rings is 1. The molecule has 8 heteroatoms. The molecule has 0 radical (unpaired) electrons. The Morgan fingerprint density at radius 2 is 2.00 bits per heavy atom. The highest BCUT2D eigenvalue weighted by Gasteiger charge is 2.44. The van der Waals surface area contributed by atoms with Crippen LogP contribution in [-0.4, -0.2) is 21.9 Å². The standard InChI is InChI=1S/C20H19N3O4S/c24-17(5-6-18-22-23-19(25-18)13-7-10-28-12-13)21-14-3-4-15-16(11-14)27-20(26-15)8-1-2-9-20/h3-4,7,10-12H,1-2,5-6,8-9H2,(H,21,24). The molecule has 1 amide bonds. The Kier molecular flexibility index (Phi) is 4.27. The number of hydrogen-bond acceptors (Lipinski definition) is 7. The molecule has 0 saturated heterocycles. The van der Waals surface area contributed by atoms with E-state index in [0.717, 1.165) is 37.0 Å². The van der Waals surface area contributed by atoms with Gasteiger partial charge in [-0.3, -0.25) is 4.79 Å². The molecular formula is C20H19N3O4S. The van der Waals surface area contributed by atoms with E-state index in [9.17, 15) is 4.79 Å². The van der Waals surface area contributed by atoms with Gasteiger partial charge >= 0.3 is 0 Å². The van der Waals surface area contributed by atoms with Gasteiger partial charge in [-0.25, -0.2) is 0 Å². The van der Waals surface area contributed by atoms with Crippen LogP contribution >= 0.6 is 11.3 Å². The number of aryl methyl sites for hydroxylation is 1. The number of aromatic nitrogens is 2. The van der Waals surface area contributed by atoms with Gasteiger partial charge in [-0.05, 0) is 36.4 Å². The molecule has 0 unspecified atom stereocenters. The minimum absolute atomic E-state index is 0.121. The maximum absolute atomic E-state index is 12.3. The van der Waals surface area contributed by atoms with Crippen molar-refractivity contribution >= 4 is 22.9 Å². The molecule has 1 fully saturated rings.